The molecule has 0 saturated carbocycles. The molecule has 0 N–H and O–H groups in total. The van der Waals surface area contributed by atoms with E-state index in [2.05, 4.69) is 4.99 Å². The molecule has 6 nitrogen and oxygen atoms in total. The SMILES string of the molecule is Cc1c(Cl)cccc1N=C1SCCN1C(=O)c1ccc(N2C(=O)CCC2=O)cc1. The number of carbonyl (C=O) groups excluding carboxylic acids is 3. The molecule has 3 amide bonds. The standard InChI is InChI=1S/C21H18ClN3O3S/c1-13-16(22)3-2-4-17(13)23-21-24(11-12-29-21)20(28)14-5-7-15(8-6-14)25-18(26)9-10-19(25)27/h2-8H,9-12H2,1H3. The molecule has 2 aliphatic heterocycles. The van der Waals surface area contributed by atoms with Crippen LogP contribution in [0.3, 0.4) is 0 Å². The number of halogens is 1. The van der Waals surface area contributed by atoms with Crippen molar-refractivity contribution in [2.45, 2.75) is 19.8 Å². The van der Waals surface area contributed by atoms with Crippen LogP contribution in [-0.4, -0.2) is 40.1 Å². The highest BCUT2D eigenvalue weighted by molar-refractivity contribution is 8.14. The first-order chi connectivity index (χ1) is 14.0. The third-order valence-corrected chi connectivity index (χ3v) is 6.27. The van der Waals surface area contributed by atoms with E-state index in [0.717, 1.165) is 17.0 Å². The number of amides is 3. The number of rotatable bonds is 3. The zero-order chi connectivity index (χ0) is 20.5. The van der Waals surface area contributed by atoms with Gasteiger partial charge < -0.3 is 0 Å². The molecule has 0 radical (unpaired) electrons. The van der Waals surface area contributed by atoms with Crippen molar-refractivity contribution in [2.24, 2.45) is 4.99 Å². The molecule has 4 rings (SSSR count). The Hall–Kier alpha value is -2.64. The van der Waals surface area contributed by atoms with Crippen molar-refractivity contribution >= 4 is 57.6 Å². The van der Waals surface area contributed by atoms with Crippen LogP contribution in [0.15, 0.2) is 47.5 Å². The molecule has 148 valence electrons. The molecule has 2 fully saturated rings. The smallest absolute Gasteiger partial charge is 0.259 e. The first kappa shape index (κ1) is 19.7. The van der Waals surface area contributed by atoms with Gasteiger partial charge in [0.1, 0.15) is 0 Å². The lowest BCUT2D eigenvalue weighted by atomic mass is 10.1. The normalized spacial score (nSPS) is 18.2. The number of aliphatic imine (C=N–C) groups is 1. The molecule has 2 heterocycles. The number of thioether (sulfide) groups is 1. The Morgan fingerprint density at radius 2 is 1.76 bits per heavy atom. The molecule has 2 saturated heterocycles. The molecule has 0 bridgehead atoms. The van der Waals surface area contributed by atoms with Gasteiger partial charge in [0.05, 0.1) is 11.4 Å². The van der Waals surface area contributed by atoms with Crippen LogP contribution in [0.1, 0.15) is 28.8 Å². The lowest BCUT2D eigenvalue weighted by molar-refractivity contribution is -0.121. The van der Waals surface area contributed by atoms with Gasteiger partial charge in [-0.15, -0.1) is 0 Å². The summed E-state index contributed by atoms with van der Waals surface area (Å²) in [6.45, 7) is 2.46. The highest BCUT2D eigenvalue weighted by Gasteiger charge is 2.31. The average molecular weight is 428 g/mol. The number of hydrogen-bond acceptors (Lipinski definition) is 5. The number of amidine groups is 1. The summed E-state index contributed by atoms with van der Waals surface area (Å²) in [4.78, 5) is 44.3. The summed E-state index contributed by atoms with van der Waals surface area (Å²) in [5.41, 5.74) is 2.58. The van der Waals surface area contributed by atoms with Crippen LogP contribution in [-0.2, 0) is 9.59 Å². The summed E-state index contributed by atoms with van der Waals surface area (Å²) < 4.78 is 0. The molecular formula is C21H18ClN3O3S. The second kappa shape index (κ2) is 8.00. The second-order valence-corrected chi connectivity index (χ2v) is 8.22. The monoisotopic (exact) mass is 427 g/mol. The van der Waals surface area contributed by atoms with Crippen LogP contribution in [0.25, 0.3) is 0 Å². The minimum atomic E-state index is -0.212. The van der Waals surface area contributed by atoms with Crippen molar-refractivity contribution in [3.8, 4) is 0 Å². The number of anilines is 1. The second-order valence-electron chi connectivity index (χ2n) is 6.75. The van der Waals surface area contributed by atoms with Crippen molar-refractivity contribution in [3.05, 3.63) is 58.6 Å². The molecule has 2 aliphatic rings. The van der Waals surface area contributed by atoms with Crippen LogP contribution in [0.2, 0.25) is 5.02 Å². The summed E-state index contributed by atoms with van der Waals surface area (Å²) >= 11 is 7.70. The fraction of sp³-hybridized carbons (Fsp3) is 0.238. The third kappa shape index (κ3) is 3.80. The van der Waals surface area contributed by atoms with Gasteiger partial charge >= 0.3 is 0 Å². The number of hydrogen-bond donors (Lipinski definition) is 0. The van der Waals surface area contributed by atoms with E-state index in [9.17, 15) is 14.4 Å². The lowest BCUT2D eigenvalue weighted by Gasteiger charge is -2.18. The molecule has 2 aromatic carbocycles. The molecule has 8 heteroatoms. The fourth-order valence-corrected chi connectivity index (χ4v) is 4.40. The van der Waals surface area contributed by atoms with Gasteiger partial charge in [-0.2, -0.15) is 0 Å². The van der Waals surface area contributed by atoms with Gasteiger partial charge in [0, 0.05) is 35.7 Å². The van der Waals surface area contributed by atoms with Gasteiger partial charge in [0.15, 0.2) is 5.17 Å². The minimum Gasteiger partial charge on any atom is -0.286 e. The molecule has 29 heavy (non-hydrogen) atoms. The van der Waals surface area contributed by atoms with Gasteiger partial charge in [-0.3, -0.25) is 24.2 Å². The van der Waals surface area contributed by atoms with Crippen LogP contribution < -0.4 is 4.90 Å². The van der Waals surface area contributed by atoms with E-state index in [0.29, 0.717) is 28.0 Å². The Balaban J connectivity index is 1.57. The summed E-state index contributed by atoms with van der Waals surface area (Å²) in [5, 5.41) is 1.27. The van der Waals surface area contributed by atoms with E-state index in [4.69, 9.17) is 11.6 Å². The molecule has 0 spiro atoms. The highest BCUT2D eigenvalue weighted by Crippen LogP contribution is 2.30. The van der Waals surface area contributed by atoms with Gasteiger partial charge in [-0.1, -0.05) is 29.4 Å². The Kier molecular flexibility index (Phi) is 5.43. The van der Waals surface area contributed by atoms with E-state index in [1.165, 1.54) is 16.7 Å². The van der Waals surface area contributed by atoms with Gasteiger partial charge in [-0.05, 0) is 48.9 Å². The van der Waals surface area contributed by atoms with Crippen LogP contribution >= 0.6 is 23.4 Å². The molecule has 0 unspecified atom stereocenters. The largest absolute Gasteiger partial charge is 0.286 e. The van der Waals surface area contributed by atoms with Crippen LogP contribution in [0.4, 0.5) is 11.4 Å². The zero-order valence-corrected chi connectivity index (χ0v) is 17.3. The van der Waals surface area contributed by atoms with Crippen molar-refractivity contribution in [1.82, 2.24) is 4.90 Å². The zero-order valence-electron chi connectivity index (χ0n) is 15.7. The van der Waals surface area contributed by atoms with Gasteiger partial charge in [0.25, 0.3) is 5.91 Å². The summed E-state index contributed by atoms with van der Waals surface area (Å²) in [5.74, 6) is 0.172. The Labute approximate surface area is 177 Å². The lowest BCUT2D eigenvalue weighted by Crippen LogP contribution is -2.32. The number of benzene rings is 2. The van der Waals surface area contributed by atoms with Crippen molar-refractivity contribution in [3.63, 3.8) is 0 Å². The van der Waals surface area contributed by atoms with Crippen molar-refractivity contribution < 1.29 is 14.4 Å². The van der Waals surface area contributed by atoms with Crippen molar-refractivity contribution in [2.75, 3.05) is 17.2 Å². The number of carbonyl (C=O) groups is 3. The quantitative estimate of drug-likeness (QED) is 0.689. The summed E-state index contributed by atoms with van der Waals surface area (Å²) in [6, 6.07) is 12.1. The van der Waals surface area contributed by atoms with Crippen molar-refractivity contribution in [1.29, 1.82) is 0 Å². The highest BCUT2D eigenvalue weighted by atomic mass is 35.5. The maximum Gasteiger partial charge on any atom is 0.259 e. The molecule has 0 atom stereocenters. The van der Waals surface area contributed by atoms with Crippen LogP contribution in [0, 0.1) is 6.92 Å². The topological polar surface area (TPSA) is 70.1 Å². The fourth-order valence-electron chi connectivity index (χ4n) is 3.28. The first-order valence-electron chi connectivity index (χ1n) is 9.20. The van der Waals surface area contributed by atoms with Gasteiger partial charge in [0.2, 0.25) is 11.8 Å². The Morgan fingerprint density at radius 3 is 2.45 bits per heavy atom. The van der Waals surface area contributed by atoms with E-state index >= 15 is 0 Å². The number of imide groups is 1. The summed E-state index contributed by atoms with van der Waals surface area (Å²) in [6.07, 6.45) is 0.459. The maximum atomic E-state index is 13.0. The number of nitrogens with zero attached hydrogens (tertiary/aromatic N) is 3. The predicted octanol–water partition coefficient (Wildman–Crippen LogP) is 4.18. The molecular weight excluding hydrogens is 410 g/mol. The van der Waals surface area contributed by atoms with E-state index in [-0.39, 0.29) is 30.6 Å². The van der Waals surface area contributed by atoms with Gasteiger partial charge in [-0.25, -0.2) is 4.99 Å². The first-order valence-corrected chi connectivity index (χ1v) is 10.6. The molecule has 0 aliphatic carbocycles. The third-order valence-electron chi connectivity index (χ3n) is 4.90. The van der Waals surface area contributed by atoms with E-state index in [1.54, 1.807) is 29.2 Å². The predicted molar refractivity (Wildman–Crippen MR) is 115 cm³/mol. The van der Waals surface area contributed by atoms with E-state index < -0.39 is 0 Å². The Morgan fingerprint density at radius 1 is 1.07 bits per heavy atom. The van der Waals surface area contributed by atoms with Crippen LogP contribution in [0.5, 0.6) is 0 Å². The summed E-state index contributed by atoms with van der Waals surface area (Å²) in [7, 11) is 0. The molecule has 0 aromatic heterocycles. The average Bonchev–Trinajstić information content (AvgIpc) is 3.31. The maximum absolute atomic E-state index is 13.0. The minimum absolute atomic E-state index is 0.168. The Bertz CT molecular complexity index is 1020. The molecule has 2 aromatic rings. The van der Waals surface area contributed by atoms with E-state index in [1.807, 2.05) is 25.1 Å².